The van der Waals surface area contributed by atoms with Crippen LogP contribution in [0.2, 0.25) is 5.02 Å². The summed E-state index contributed by atoms with van der Waals surface area (Å²) in [4.78, 5) is 0. The number of alkyl halides is 1. The van der Waals surface area contributed by atoms with E-state index in [0.29, 0.717) is 0 Å². The van der Waals surface area contributed by atoms with E-state index in [1.165, 1.54) is 0 Å². The van der Waals surface area contributed by atoms with Gasteiger partial charge in [0.05, 0.1) is 11.4 Å². The zero-order valence-electron chi connectivity index (χ0n) is 8.24. The first-order valence-electron chi connectivity index (χ1n) is 4.58. The Morgan fingerprint density at radius 3 is 2.80 bits per heavy atom. The number of rotatable bonds is 2. The van der Waals surface area contributed by atoms with E-state index in [-0.39, 0.29) is 0 Å². The largest absolute Gasteiger partial charge is 0.240 e. The Hall–Kier alpha value is -0.800. The van der Waals surface area contributed by atoms with Gasteiger partial charge in [0, 0.05) is 16.5 Å². The maximum absolute atomic E-state index is 5.94. The zero-order chi connectivity index (χ0) is 10.8. The summed E-state index contributed by atoms with van der Waals surface area (Å²) in [5, 5.41) is 5.88. The average molecular weight is 286 g/mol. The summed E-state index contributed by atoms with van der Waals surface area (Å²) in [5.74, 6) is 0. The molecule has 0 spiro atoms. The highest BCUT2D eigenvalue weighted by Gasteiger charge is 2.05. The molecule has 1 aromatic heterocycles. The van der Waals surface area contributed by atoms with E-state index in [1.54, 1.807) is 0 Å². The van der Waals surface area contributed by atoms with Gasteiger partial charge in [-0.2, -0.15) is 5.10 Å². The summed E-state index contributed by atoms with van der Waals surface area (Å²) in [7, 11) is 0. The normalized spacial score (nSPS) is 10.6. The monoisotopic (exact) mass is 284 g/mol. The highest BCUT2D eigenvalue weighted by atomic mass is 79.9. The second-order valence-electron chi connectivity index (χ2n) is 3.31. The first-order valence-corrected chi connectivity index (χ1v) is 6.07. The van der Waals surface area contributed by atoms with Gasteiger partial charge in [0.25, 0.3) is 0 Å². The summed E-state index contributed by atoms with van der Waals surface area (Å²) in [6.45, 7) is 1.97. The Balaban J connectivity index is 2.52. The maximum Gasteiger partial charge on any atom is 0.0687 e. The van der Waals surface area contributed by atoms with Crippen molar-refractivity contribution >= 4 is 27.5 Å². The van der Waals surface area contributed by atoms with Crippen LogP contribution in [0.3, 0.4) is 0 Å². The molecule has 78 valence electrons. The van der Waals surface area contributed by atoms with Crippen molar-refractivity contribution in [3.05, 3.63) is 46.7 Å². The van der Waals surface area contributed by atoms with Crippen molar-refractivity contribution in [1.82, 2.24) is 9.78 Å². The van der Waals surface area contributed by atoms with Crippen molar-refractivity contribution in [2.24, 2.45) is 0 Å². The molecular weight excluding hydrogens is 275 g/mol. The SMILES string of the molecule is Cc1ccn(-c2ccc(Cl)cc2CBr)n1. The smallest absolute Gasteiger partial charge is 0.0687 e. The lowest BCUT2D eigenvalue weighted by atomic mass is 10.2. The number of aromatic nitrogens is 2. The molecule has 0 N–H and O–H groups in total. The van der Waals surface area contributed by atoms with Crippen LogP contribution in [-0.2, 0) is 5.33 Å². The number of nitrogens with zero attached hydrogens (tertiary/aromatic N) is 2. The van der Waals surface area contributed by atoms with Crippen molar-refractivity contribution in [3.63, 3.8) is 0 Å². The molecule has 0 atom stereocenters. The lowest BCUT2D eigenvalue weighted by Gasteiger charge is -2.07. The molecular formula is C11H10BrClN2. The van der Waals surface area contributed by atoms with Crippen LogP contribution in [0.15, 0.2) is 30.5 Å². The Bertz CT molecular complexity index is 479. The lowest BCUT2D eigenvalue weighted by molar-refractivity contribution is 0.855. The zero-order valence-corrected chi connectivity index (χ0v) is 10.6. The quantitative estimate of drug-likeness (QED) is 0.769. The Morgan fingerprint density at radius 1 is 1.40 bits per heavy atom. The van der Waals surface area contributed by atoms with Crippen molar-refractivity contribution < 1.29 is 0 Å². The fraction of sp³-hybridized carbons (Fsp3) is 0.182. The fourth-order valence-corrected chi connectivity index (χ4v) is 2.08. The van der Waals surface area contributed by atoms with Crippen molar-refractivity contribution in [1.29, 1.82) is 0 Å². The molecule has 0 bridgehead atoms. The summed E-state index contributed by atoms with van der Waals surface area (Å²) >= 11 is 9.38. The molecule has 0 aliphatic carbocycles. The van der Waals surface area contributed by atoms with Crippen molar-refractivity contribution in [2.75, 3.05) is 0 Å². The van der Waals surface area contributed by atoms with Gasteiger partial charge in [0.2, 0.25) is 0 Å². The lowest BCUT2D eigenvalue weighted by Crippen LogP contribution is -1.99. The molecule has 0 aliphatic rings. The van der Waals surface area contributed by atoms with Gasteiger partial charge in [-0.05, 0) is 36.8 Å². The summed E-state index contributed by atoms with van der Waals surface area (Å²) in [6.07, 6.45) is 1.95. The molecule has 2 aromatic rings. The van der Waals surface area contributed by atoms with Crippen LogP contribution >= 0.6 is 27.5 Å². The van der Waals surface area contributed by atoms with E-state index >= 15 is 0 Å². The second-order valence-corrected chi connectivity index (χ2v) is 4.31. The minimum Gasteiger partial charge on any atom is -0.240 e. The predicted octanol–water partition coefficient (Wildman–Crippen LogP) is 3.73. The third kappa shape index (κ3) is 2.24. The molecule has 0 radical (unpaired) electrons. The van der Waals surface area contributed by atoms with Gasteiger partial charge in [-0.3, -0.25) is 0 Å². The van der Waals surface area contributed by atoms with E-state index < -0.39 is 0 Å². The highest BCUT2D eigenvalue weighted by Crippen LogP contribution is 2.21. The van der Waals surface area contributed by atoms with Crippen LogP contribution in [-0.4, -0.2) is 9.78 Å². The van der Waals surface area contributed by atoms with Gasteiger partial charge < -0.3 is 0 Å². The minimum atomic E-state index is 0.747. The molecule has 2 rings (SSSR count). The first-order chi connectivity index (χ1) is 7.20. The molecule has 2 nitrogen and oxygen atoms in total. The summed E-state index contributed by atoms with van der Waals surface area (Å²) in [6, 6.07) is 7.78. The molecule has 1 heterocycles. The van der Waals surface area contributed by atoms with E-state index in [0.717, 1.165) is 27.3 Å². The van der Waals surface area contributed by atoms with Gasteiger partial charge in [-0.1, -0.05) is 27.5 Å². The van der Waals surface area contributed by atoms with E-state index in [9.17, 15) is 0 Å². The van der Waals surface area contributed by atoms with Gasteiger partial charge >= 0.3 is 0 Å². The number of benzene rings is 1. The van der Waals surface area contributed by atoms with E-state index in [4.69, 9.17) is 11.6 Å². The van der Waals surface area contributed by atoms with Crippen LogP contribution in [0.4, 0.5) is 0 Å². The molecule has 0 amide bonds. The third-order valence-electron chi connectivity index (χ3n) is 2.15. The number of hydrogen-bond donors (Lipinski definition) is 0. The number of aryl methyl sites for hydroxylation is 1. The first kappa shape index (κ1) is 10.7. The van der Waals surface area contributed by atoms with E-state index in [2.05, 4.69) is 21.0 Å². The van der Waals surface area contributed by atoms with Crippen LogP contribution in [0.1, 0.15) is 11.3 Å². The topological polar surface area (TPSA) is 17.8 Å². The Labute approximate surface area is 102 Å². The molecule has 0 saturated heterocycles. The molecule has 0 fully saturated rings. The highest BCUT2D eigenvalue weighted by molar-refractivity contribution is 9.08. The summed E-state index contributed by atoms with van der Waals surface area (Å²) in [5.41, 5.74) is 3.19. The van der Waals surface area contributed by atoms with Crippen molar-refractivity contribution in [2.45, 2.75) is 12.3 Å². The van der Waals surface area contributed by atoms with Gasteiger partial charge in [-0.25, -0.2) is 4.68 Å². The fourth-order valence-electron chi connectivity index (χ4n) is 1.43. The van der Waals surface area contributed by atoms with E-state index in [1.807, 2.05) is 42.1 Å². The van der Waals surface area contributed by atoms with Crippen LogP contribution in [0, 0.1) is 6.92 Å². The molecule has 4 heteroatoms. The molecule has 15 heavy (non-hydrogen) atoms. The van der Waals surface area contributed by atoms with Crippen LogP contribution < -0.4 is 0 Å². The molecule has 0 unspecified atom stereocenters. The maximum atomic E-state index is 5.94. The van der Waals surface area contributed by atoms with Crippen molar-refractivity contribution in [3.8, 4) is 5.69 Å². The Kier molecular flexibility index (Phi) is 3.12. The number of halogens is 2. The average Bonchev–Trinajstić information content (AvgIpc) is 2.64. The van der Waals surface area contributed by atoms with Crippen LogP contribution in [0.25, 0.3) is 5.69 Å². The predicted molar refractivity (Wildman–Crippen MR) is 65.9 cm³/mol. The number of hydrogen-bond acceptors (Lipinski definition) is 1. The van der Waals surface area contributed by atoms with Crippen LogP contribution in [0.5, 0.6) is 0 Å². The van der Waals surface area contributed by atoms with Gasteiger partial charge in [-0.15, -0.1) is 0 Å². The molecule has 1 aromatic carbocycles. The van der Waals surface area contributed by atoms with Gasteiger partial charge in [0.1, 0.15) is 0 Å². The minimum absolute atomic E-state index is 0.747. The molecule has 0 saturated carbocycles. The van der Waals surface area contributed by atoms with Gasteiger partial charge in [0.15, 0.2) is 0 Å². The summed E-state index contributed by atoms with van der Waals surface area (Å²) < 4.78 is 1.86. The standard InChI is InChI=1S/C11H10BrClN2/c1-8-4-5-15(14-8)11-3-2-10(13)6-9(11)7-12/h2-6H,7H2,1H3. The molecule has 0 aliphatic heterocycles. The Morgan fingerprint density at radius 2 is 2.20 bits per heavy atom. The second kappa shape index (κ2) is 4.37. The third-order valence-corrected chi connectivity index (χ3v) is 2.99.